The Labute approximate surface area is 249 Å². The van der Waals surface area contributed by atoms with E-state index in [1.54, 1.807) is 42.5 Å². The molecule has 3 aromatic carbocycles. The van der Waals surface area contributed by atoms with Crippen LogP contribution in [0.2, 0.25) is 0 Å². The number of piperazine rings is 1. The maximum atomic E-state index is 12.9. The highest BCUT2D eigenvalue weighted by atomic mass is 16.5. The number of anilines is 3. The fraction of sp³-hybridized carbons (Fsp3) is 0.394. The minimum Gasteiger partial charge on any atom is -0.490 e. The molecule has 0 aliphatic carbocycles. The Kier molecular flexibility index (Phi) is 11.1. The zero-order valence-electron chi connectivity index (χ0n) is 25.1. The Hall–Kier alpha value is -4.24. The van der Waals surface area contributed by atoms with Gasteiger partial charge in [0, 0.05) is 60.9 Å². The van der Waals surface area contributed by atoms with Crippen molar-refractivity contribution >= 4 is 29.0 Å². The SMILES string of the molecule is CCOc1cc(NC(=O)NC(CC)CC)ccc1Oc1ccc(NC(=O)c2ccc(N3CCN(CC)CC3)cc2)cc1. The number of benzene rings is 3. The minimum absolute atomic E-state index is 0.129. The lowest BCUT2D eigenvalue weighted by molar-refractivity contribution is 0.102. The van der Waals surface area contributed by atoms with E-state index in [1.807, 2.05) is 45.0 Å². The largest absolute Gasteiger partial charge is 0.490 e. The van der Waals surface area contributed by atoms with Gasteiger partial charge in [0.15, 0.2) is 11.5 Å². The van der Waals surface area contributed by atoms with Crippen LogP contribution in [0.3, 0.4) is 0 Å². The lowest BCUT2D eigenvalue weighted by Crippen LogP contribution is -2.46. The number of hydrogen-bond acceptors (Lipinski definition) is 6. The van der Waals surface area contributed by atoms with Crippen molar-refractivity contribution in [2.45, 2.75) is 46.6 Å². The molecule has 4 rings (SSSR count). The molecule has 224 valence electrons. The van der Waals surface area contributed by atoms with E-state index in [2.05, 4.69) is 32.7 Å². The summed E-state index contributed by atoms with van der Waals surface area (Å²) in [7, 11) is 0. The molecule has 9 nitrogen and oxygen atoms in total. The normalized spacial score (nSPS) is 13.5. The number of likely N-dealkylation sites (N-methyl/N-ethyl adjacent to an activating group) is 1. The number of nitrogens with one attached hydrogen (secondary N) is 3. The molecule has 0 saturated carbocycles. The number of hydrogen-bond donors (Lipinski definition) is 3. The van der Waals surface area contributed by atoms with Crippen molar-refractivity contribution in [3.05, 3.63) is 72.3 Å². The average molecular weight is 574 g/mol. The van der Waals surface area contributed by atoms with Crippen molar-refractivity contribution in [2.24, 2.45) is 0 Å². The highest BCUT2D eigenvalue weighted by molar-refractivity contribution is 6.04. The van der Waals surface area contributed by atoms with E-state index in [-0.39, 0.29) is 18.0 Å². The molecule has 3 amide bonds. The van der Waals surface area contributed by atoms with Crippen LogP contribution in [0.15, 0.2) is 66.7 Å². The Bertz CT molecular complexity index is 1300. The van der Waals surface area contributed by atoms with Crippen molar-refractivity contribution in [3.63, 3.8) is 0 Å². The van der Waals surface area contributed by atoms with Crippen LogP contribution in [0.1, 0.15) is 50.9 Å². The molecule has 9 heteroatoms. The molecule has 0 unspecified atom stereocenters. The number of urea groups is 1. The summed E-state index contributed by atoms with van der Waals surface area (Å²) in [5.41, 5.74) is 3.03. The number of rotatable bonds is 12. The van der Waals surface area contributed by atoms with Gasteiger partial charge in [-0.15, -0.1) is 0 Å². The molecule has 0 bridgehead atoms. The first-order chi connectivity index (χ1) is 20.4. The Morgan fingerprint density at radius 2 is 1.45 bits per heavy atom. The zero-order chi connectivity index (χ0) is 29.9. The van der Waals surface area contributed by atoms with Crippen molar-refractivity contribution in [1.82, 2.24) is 10.2 Å². The molecule has 3 N–H and O–H groups in total. The number of ether oxygens (including phenoxy) is 2. The summed E-state index contributed by atoms with van der Waals surface area (Å²) in [5, 5.41) is 8.78. The minimum atomic E-state index is -0.251. The predicted octanol–water partition coefficient (Wildman–Crippen LogP) is 6.58. The second kappa shape index (κ2) is 15.1. The van der Waals surface area contributed by atoms with E-state index in [0.717, 1.165) is 51.3 Å². The van der Waals surface area contributed by atoms with E-state index in [4.69, 9.17) is 9.47 Å². The van der Waals surface area contributed by atoms with Gasteiger partial charge in [-0.1, -0.05) is 20.8 Å². The second-order valence-corrected chi connectivity index (χ2v) is 10.3. The van der Waals surface area contributed by atoms with Gasteiger partial charge in [0.05, 0.1) is 6.61 Å². The summed E-state index contributed by atoms with van der Waals surface area (Å²) < 4.78 is 11.9. The molecular formula is C33H43N5O4. The van der Waals surface area contributed by atoms with E-state index in [9.17, 15) is 9.59 Å². The summed E-state index contributed by atoms with van der Waals surface area (Å²) >= 11 is 0. The van der Waals surface area contributed by atoms with E-state index >= 15 is 0 Å². The molecule has 1 aliphatic rings. The second-order valence-electron chi connectivity index (χ2n) is 10.3. The summed E-state index contributed by atoms with van der Waals surface area (Å²) in [6.07, 6.45) is 1.74. The topological polar surface area (TPSA) is 95.2 Å². The fourth-order valence-corrected chi connectivity index (χ4v) is 4.87. The third-order valence-corrected chi connectivity index (χ3v) is 7.48. The molecule has 1 aliphatic heterocycles. The first-order valence-corrected chi connectivity index (χ1v) is 14.9. The highest BCUT2D eigenvalue weighted by Gasteiger charge is 2.17. The van der Waals surface area contributed by atoms with Gasteiger partial charge in [-0.2, -0.15) is 0 Å². The maximum absolute atomic E-state index is 12.9. The van der Waals surface area contributed by atoms with Gasteiger partial charge in [-0.25, -0.2) is 4.79 Å². The monoisotopic (exact) mass is 573 g/mol. The quantitative estimate of drug-likeness (QED) is 0.227. The van der Waals surface area contributed by atoms with Gasteiger partial charge < -0.3 is 35.2 Å². The Balaban J connectivity index is 1.34. The van der Waals surface area contributed by atoms with Crippen LogP contribution < -0.4 is 30.3 Å². The molecule has 3 aromatic rings. The summed E-state index contributed by atoms with van der Waals surface area (Å²) in [5.74, 6) is 1.47. The molecular weight excluding hydrogens is 530 g/mol. The Morgan fingerprint density at radius 3 is 2.07 bits per heavy atom. The third-order valence-electron chi connectivity index (χ3n) is 7.48. The summed E-state index contributed by atoms with van der Waals surface area (Å²) in [4.78, 5) is 30.0. The molecule has 0 atom stereocenters. The van der Waals surface area contributed by atoms with Gasteiger partial charge in [0.1, 0.15) is 5.75 Å². The highest BCUT2D eigenvalue weighted by Crippen LogP contribution is 2.34. The van der Waals surface area contributed by atoms with Crippen molar-refractivity contribution < 1.29 is 19.1 Å². The number of carbonyl (C=O) groups excluding carboxylic acids is 2. The van der Waals surface area contributed by atoms with Crippen LogP contribution >= 0.6 is 0 Å². The van der Waals surface area contributed by atoms with Crippen molar-refractivity contribution in [3.8, 4) is 17.2 Å². The first-order valence-electron chi connectivity index (χ1n) is 14.9. The molecule has 1 heterocycles. The molecule has 1 saturated heterocycles. The summed E-state index contributed by atoms with van der Waals surface area (Å²) in [6, 6.07) is 20.1. The molecule has 0 radical (unpaired) electrons. The van der Waals surface area contributed by atoms with Gasteiger partial charge in [0.25, 0.3) is 5.91 Å². The Morgan fingerprint density at radius 1 is 0.786 bits per heavy atom. The third kappa shape index (κ3) is 8.39. The van der Waals surface area contributed by atoms with Crippen LogP contribution in [0.5, 0.6) is 17.2 Å². The van der Waals surface area contributed by atoms with E-state index in [1.165, 1.54) is 0 Å². The van der Waals surface area contributed by atoms with E-state index < -0.39 is 0 Å². The average Bonchev–Trinajstić information content (AvgIpc) is 3.02. The smallest absolute Gasteiger partial charge is 0.319 e. The van der Waals surface area contributed by atoms with Gasteiger partial charge >= 0.3 is 6.03 Å². The predicted molar refractivity (Wildman–Crippen MR) is 169 cm³/mol. The van der Waals surface area contributed by atoms with Crippen LogP contribution in [-0.4, -0.2) is 62.2 Å². The van der Waals surface area contributed by atoms with Gasteiger partial charge in [0.2, 0.25) is 0 Å². The van der Waals surface area contributed by atoms with Crippen LogP contribution in [0, 0.1) is 0 Å². The summed E-state index contributed by atoms with van der Waals surface area (Å²) in [6.45, 7) is 13.8. The van der Waals surface area contributed by atoms with Crippen LogP contribution in [-0.2, 0) is 0 Å². The molecule has 0 spiro atoms. The number of carbonyl (C=O) groups is 2. The van der Waals surface area contributed by atoms with Crippen molar-refractivity contribution in [1.29, 1.82) is 0 Å². The maximum Gasteiger partial charge on any atom is 0.319 e. The van der Waals surface area contributed by atoms with Crippen LogP contribution in [0.25, 0.3) is 0 Å². The molecule has 1 fully saturated rings. The first kappa shape index (κ1) is 30.7. The van der Waals surface area contributed by atoms with E-state index in [0.29, 0.717) is 40.8 Å². The van der Waals surface area contributed by atoms with Gasteiger partial charge in [-0.05, 0) is 87.0 Å². The fourth-order valence-electron chi connectivity index (χ4n) is 4.87. The number of amides is 3. The standard InChI is InChI=1S/C33H43N5O4/c1-5-25(6-2)35-33(40)36-27-13-18-30(31(23-27)41-8-4)42-29-16-11-26(12-17-29)34-32(39)24-9-14-28(15-10-24)38-21-19-37(7-3)20-22-38/h9-18,23,25H,5-8,19-22H2,1-4H3,(H,34,39)(H2,35,36,40). The van der Waals surface area contributed by atoms with Crippen LogP contribution in [0.4, 0.5) is 21.9 Å². The number of nitrogens with zero attached hydrogens (tertiary/aromatic N) is 2. The molecule has 0 aromatic heterocycles. The van der Waals surface area contributed by atoms with Gasteiger partial charge in [-0.3, -0.25) is 4.79 Å². The van der Waals surface area contributed by atoms with Crippen molar-refractivity contribution in [2.75, 3.05) is 54.9 Å². The zero-order valence-corrected chi connectivity index (χ0v) is 25.1. The molecule has 42 heavy (non-hydrogen) atoms. The lowest BCUT2D eigenvalue weighted by Gasteiger charge is -2.35. The lowest BCUT2D eigenvalue weighted by atomic mass is 10.1.